The molecule has 1 atom stereocenters. The van der Waals surface area contributed by atoms with E-state index in [4.69, 9.17) is 5.84 Å². The minimum absolute atomic E-state index is 0.236. The van der Waals surface area contributed by atoms with Crippen LogP contribution in [0.5, 0.6) is 0 Å². The molecule has 1 aromatic rings. The van der Waals surface area contributed by atoms with Crippen LogP contribution in [0.3, 0.4) is 0 Å². The largest absolute Gasteiger partial charge is 0.272 e. The second kappa shape index (κ2) is 6.01. The van der Waals surface area contributed by atoms with Crippen LogP contribution in [0.15, 0.2) is 0 Å². The first kappa shape index (κ1) is 13.2. The fourth-order valence-electron chi connectivity index (χ4n) is 2.20. The van der Waals surface area contributed by atoms with Crippen LogP contribution < -0.4 is 11.3 Å². The molecule has 0 aliphatic rings. The van der Waals surface area contributed by atoms with Gasteiger partial charge in [0, 0.05) is 24.3 Å². The van der Waals surface area contributed by atoms with Gasteiger partial charge in [-0.25, -0.2) is 0 Å². The quantitative estimate of drug-likeness (QED) is 0.442. The Morgan fingerprint density at radius 2 is 2.06 bits per heavy atom. The summed E-state index contributed by atoms with van der Waals surface area (Å²) < 4.78 is 1.93. The van der Waals surface area contributed by atoms with E-state index >= 15 is 0 Å². The smallest absolute Gasteiger partial charge is 0.0644 e. The molecule has 4 heteroatoms. The molecule has 3 N–H and O–H groups in total. The Bertz CT molecular complexity index is 330. The van der Waals surface area contributed by atoms with Crippen LogP contribution in [0.1, 0.15) is 55.6 Å². The van der Waals surface area contributed by atoms with Crippen LogP contribution >= 0.6 is 0 Å². The van der Waals surface area contributed by atoms with Crippen LogP contribution in [-0.2, 0) is 7.05 Å². The maximum absolute atomic E-state index is 5.65. The first-order valence-corrected chi connectivity index (χ1v) is 6.08. The summed E-state index contributed by atoms with van der Waals surface area (Å²) in [5.41, 5.74) is 6.47. The second-order valence-electron chi connectivity index (χ2n) is 4.42. The van der Waals surface area contributed by atoms with E-state index in [9.17, 15) is 0 Å². The van der Waals surface area contributed by atoms with E-state index in [0.717, 1.165) is 12.1 Å². The van der Waals surface area contributed by atoms with Crippen LogP contribution in [0, 0.1) is 13.8 Å². The maximum Gasteiger partial charge on any atom is 0.0644 e. The monoisotopic (exact) mass is 224 g/mol. The van der Waals surface area contributed by atoms with Gasteiger partial charge in [0.2, 0.25) is 0 Å². The van der Waals surface area contributed by atoms with E-state index in [-0.39, 0.29) is 6.04 Å². The number of aryl methyl sites for hydroxylation is 2. The Morgan fingerprint density at radius 1 is 1.38 bits per heavy atom. The van der Waals surface area contributed by atoms with Crippen LogP contribution in [0.4, 0.5) is 0 Å². The first-order chi connectivity index (χ1) is 7.61. The van der Waals surface area contributed by atoms with E-state index < -0.39 is 0 Å². The Kier molecular flexibility index (Phi) is 4.96. The molecule has 0 fully saturated rings. The summed E-state index contributed by atoms with van der Waals surface area (Å²) in [6, 6.07) is 0.236. The van der Waals surface area contributed by atoms with Gasteiger partial charge in [-0.15, -0.1) is 0 Å². The van der Waals surface area contributed by atoms with E-state index in [1.54, 1.807) is 0 Å². The van der Waals surface area contributed by atoms with Crippen molar-refractivity contribution in [2.75, 3.05) is 0 Å². The predicted octanol–water partition coefficient (Wildman–Crippen LogP) is 2.12. The number of hydrogen-bond donors (Lipinski definition) is 2. The maximum atomic E-state index is 5.65. The average Bonchev–Trinajstić information content (AvgIpc) is 2.50. The zero-order valence-electron chi connectivity index (χ0n) is 10.9. The number of nitrogens with zero attached hydrogens (tertiary/aromatic N) is 2. The molecule has 16 heavy (non-hydrogen) atoms. The van der Waals surface area contributed by atoms with Gasteiger partial charge in [-0.05, 0) is 20.3 Å². The number of rotatable bonds is 6. The minimum Gasteiger partial charge on any atom is -0.272 e. The lowest BCUT2D eigenvalue weighted by atomic mass is 9.99. The van der Waals surface area contributed by atoms with E-state index in [0.29, 0.717) is 0 Å². The number of aromatic nitrogens is 2. The minimum atomic E-state index is 0.236. The van der Waals surface area contributed by atoms with Gasteiger partial charge < -0.3 is 0 Å². The number of nitrogens with one attached hydrogen (secondary N) is 1. The Balaban J connectivity index is 2.78. The highest BCUT2D eigenvalue weighted by atomic mass is 15.3. The molecule has 0 spiro atoms. The number of unbranched alkanes of at least 4 members (excludes halogenated alkanes) is 2. The van der Waals surface area contributed by atoms with Gasteiger partial charge in [0.25, 0.3) is 0 Å². The topological polar surface area (TPSA) is 55.9 Å². The van der Waals surface area contributed by atoms with Crippen molar-refractivity contribution >= 4 is 0 Å². The summed E-state index contributed by atoms with van der Waals surface area (Å²) in [6.45, 7) is 6.36. The van der Waals surface area contributed by atoms with E-state index in [1.165, 1.54) is 30.5 Å². The second-order valence-corrected chi connectivity index (χ2v) is 4.42. The summed E-state index contributed by atoms with van der Waals surface area (Å²) in [7, 11) is 1.98. The predicted molar refractivity (Wildman–Crippen MR) is 66.9 cm³/mol. The van der Waals surface area contributed by atoms with Crippen molar-refractivity contribution in [3.63, 3.8) is 0 Å². The van der Waals surface area contributed by atoms with Crippen molar-refractivity contribution in [2.45, 2.75) is 52.5 Å². The number of hydrogen-bond acceptors (Lipinski definition) is 3. The van der Waals surface area contributed by atoms with Crippen LogP contribution in [-0.4, -0.2) is 9.78 Å². The normalized spacial score (nSPS) is 13.1. The molecule has 0 bridgehead atoms. The van der Waals surface area contributed by atoms with Crippen LogP contribution in [0.2, 0.25) is 0 Å². The summed E-state index contributed by atoms with van der Waals surface area (Å²) in [5, 5.41) is 4.43. The summed E-state index contributed by atoms with van der Waals surface area (Å²) in [4.78, 5) is 0. The molecule has 1 aromatic heterocycles. The van der Waals surface area contributed by atoms with Crippen molar-refractivity contribution < 1.29 is 0 Å². The molecular formula is C12H24N4. The van der Waals surface area contributed by atoms with Gasteiger partial charge in [-0.1, -0.05) is 26.2 Å². The van der Waals surface area contributed by atoms with E-state index in [2.05, 4.69) is 24.4 Å². The lowest BCUT2D eigenvalue weighted by molar-refractivity contribution is 0.483. The van der Waals surface area contributed by atoms with Gasteiger partial charge in [-0.3, -0.25) is 16.0 Å². The third-order valence-electron chi connectivity index (χ3n) is 3.21. The molecule has 92 valence electrons. The van der Waals surface area contributed by atoms with Gasteiger partial charge in [0.1, 0.15) is 0 Å². The van der Waals surface area contributed by atoms with Gasteiger partial charge in [0.15, 0.2) is 0 Å². The zero-order chi connectivity index (χ0) is 12.1. The number of hydrazine groups is 1. The lowest BCUT2D eigenvalue weighted by Crippen LogP contribution is -2.28. The molecule has 1 unspecified atom stereocenters. The van der Waals surface area contributed by atoms with Crippen molar-refractivity contribution in [2.24, 2.45) is 12.9 Å². The number of nitrogens with two attached hydrogens (primary N) is 1. The highest BCUT2D eigenvalue weighted by Gasteiger charge is 2.18. The molecular weight excluding hydrogens is 200 g/mol. The molecule has 0 aliphatic carbocycles. The lowest BCUT2D eigenvalue weighted by Gasteiger charge is -2.16. The first-order valence-electron chi connectivity index (χ1n) is 6.08. The summed E-state index contributed by atoms with van der Waals surface area (Å²) in [5.74, 6) is 5.65. The zero-order valence-corrected chi connectivity index (χ0v) is 10.9. The molecule has 0 aliphatic heterocycles. The Hall–Kier alpha value is -0.870. The summed E-state index contributed by atoms with van der Waals surface area (Å²) in [6.07, 6.45) is 4.79. The van der Waals surface area contributed by atoms with Crippen LogP contribution in [0.25, 0.3) is 0 Å². The van der Waals surface area contributed by atoms with Crippen molar-refractivity contribution in [3.05, 3.63) is 17.0 Å². The van der Waals surface area contributed by atoms with E-state index in [1.807, 2.05) is 18.7 Å². The molecule has 4 nitrogen and oxygen atoms in total. The van der Waals surface area contributed by atoms with Gasteiger partial charge >= 0.3 is 0 Å². The Morgan fingerprint density at radius 3 is 2.50 bits per heavy atom. The SMILES string of the molecule is CCCCCC(NN)c1c(C)nn(C)c1C. The third kappa shape index (κ3) is 2.83. The van der Waals surface area contributed by atoms with Crippen molar-refractivity contribution in [1.29, 1.82) is 0 Å². The van der Waals surface area contributed by atoms with Gasteiger partial charge in [0.05, 0.1) is 5.69 Å². The summed E-state index contributed by atoms with van der Waals surface area (Å²) >= 11 is 0. The molecule has 0 amide bonds. The molecule has 0 radical (unpaired) electrons. The van der Waals surface area contributed by atoms with Crippen molar-refractivity contribution in [1.82, 2.24) is 15.2 Å². The fourth-order valence-corrected chi connectivity index (χ4v) is 2.20. The van der Waals surface area contributed by atoms with Gasteiger partial charge in [-0.2, -0.15) is 5.10 Å². The van der Waals surface area contributed by atoms with Crippen molar-refractivity contribution in [3.8, 4) is 0 Å². The molecule has 0 saturated carbocycles. The molecule has 1 heterocycles. The highest BCUT2D eigenvalue weighted by Crippen LogP contribution is 2.24. The average molecular weight is 224 g/mol. The standard InChI is InChI=1S/C12H24N4/c1-5-6-7-8-11(14-13)12-9(2)15-16(4)10(12)3/h11,14H,5-8,13H2,1-4H3. The highest BCUT2D eigenvalue weighted by molar-refractivity contribution is 5.27. The molecule has 1 rings (SSSR count). The molecule has 0 aromatic carbocycles. The Labute approximate surface area is 98.2 Å². The third-order valence-corrected chi connectivity index (χ3v) is 3.21. The fraction of sp³-hybridized carbons (Fsp3) is 0.750. The molecule has 0 saturated heterocycles.